The van der Waals surface area contributed by atoms with Crippen LogP contribution in [0.3, 0.4) is 0 Å². The molecule has 0 atom stereocenters. The molecule has 15 heavy (non-hydrogen) atoms. The van der Waals surface area contributed by atoms with Gasteiger partial charge in [-0.05, 0) is 0 Å². The Morgan fingerprint density at radius 2 is 2.07 bits per heavy atom. The minimum Gasteiger partial charge on any atom is -0.494 e. The summed E-state index contributed by atoms with van der Waals surface area (Å²) in [5.74, 6) is -0.189. The molecule has 84 valence electrons. The van der Waals surface area contributed by atoms with Crippen LogP contribution in [0.1, 0.15) is 17.7 Å². The molecular weight excluding hydrogens is 208 g/mol. The lowest BCUT2D eigenvalue weighted by molar-refractivity contribution is 0.141. The number of pyridine rings is 1. The summed E-state index contributed by atoms with van der Waals surface area (Å²) >= 11 is 0. The Kier molecular flexibility index (Phi) is 3.79. The monoisotopic (exact) mass is 219 g/mol. The number of hydrogen-bond donors (Lipinski definition) is 1. The molecule has 0 fully saturated rings. The van der Waals surface area contributed by atoms with E-state index in [0.29, 0.717) is 0 Å². The third-order valence-corrected chi connectivity index (χ3v) is 1.90. The van der Waals surface area contributed by atoms with E-state index in [9.17, 15) is 8.78 Å². The molecule has 0 bridgehead atoms. The van der Waals surface area contributed by atoms with Crippen LogP contribution in [-0.4, -0.2) is 24.3 Å². The van der Waals surface area contributed by atoms with Crippen LogP contribution in [0, 0.1) is 0 Å². The standard InChI is InChI=1S/C9H11F2NO3/c1-14-6-3-12-5(4-13)8(15-2)7(6)9(10)11/h3,9,13H,4H2,1-2H3. The second-order valence-corrected chi connectivity index (χ2v) is 2.68. The average molecular weight is 219 g/mol. The van der Waals surface area contributed by atoms with E-state index in [1.165, 1.54) is 14.2 Å². The Hall–Kier alpha value is -1.43. The van der Waals surface area contributed by atoms with Crippen molar-refractivity contribution < 1.29 is 23.4 Å². The topological polar surface area (TPSA) is 51.6 Å². The summed E-state index contributed by atoms with van der Waals surface area (Å²) in [6.45, 7) is -0.465. The summed E-state index contributed by atoms with van der Waals surface area (Å²) < 4.78 is 35.0. The van der Waals surface area contributed by atoms with E-state index in [1.807, 2.05) is 0 Å². The molecule has 0 saturated carbocycles. The average Bonchev–Trinajstić information content (AvgIpc) is 2.26. The smallest absolute Gasteiger partial charge is 0.271 e. The summed E-state index contributed by atoms with van der Waals surface area (Å²) in [6.07, 6.45) is -1.61. The SMILES string of the molecule is COc1cnc(CO)c(OC)c1C(F)F. The van der Waals surface area contributed by atoms with Gasteiger partial charge in [-0.1, -0.05) is 0 Å². The number of alkyl halides is 2. The Bertz CT molecular complexity index is 344. The first-order valence-electron chi connectivity index (χ1n) is 4.14. The van der Waals surface area contributed by atoms with Crippen molar-refractivity contribution >= 4 is 0 Å². The third kappa shape index (κ3) is 2.15. The predicted molar refractivity (Wildman–Crippen MR) is 48.2 cm³/mol. The van der Waals surface area contributed by atoms with Crippen molar-refractivity contribution in [1.82, 2.24) is 4.98 Å². The van der Waals surface area contributed by atoms with E-state index < -0.39 is 13.0 Å². The van der Waals surface area contributed by atoms with Crippen LogP contribution in [0.5, 0.6) is 11.5 Å². The van der Waals surface area contributed by atoms with Crippen LogP contribution in [0.2, 0.25) is 0 Å². The van der Waals surface area contributed by atoms with Crippen molar-refractivity contribution in [2.75, 3.05) is 14.2 Å². The highest BCUT2D eigenvalue weighted by molar-refractivity contribution is 5.46. The van der Waals surface area contributed by atoms with E-state index >= 15 is 0 Å². The maximum Gasteiger partial charge on any atom is 0.271 e. The molecule has 0 aliphatic carbocycles. The van der Waals surface area contributed by atoms with Gasteiger partial charge in [0, 0.05) is 0 Å². The summed E-state index contributed by atoms with van der Waals surface area (Å²) in [7, 11) is 2.50. The number of nitrogens with zero attached hydrogens (tertiary/aromatic N) is 1. The van der Waals surface area contributed by atoms with E-state index in [-0.39, 0.29) is 22.8 Å². The third-order valence-electron chi connectivity index (χ3n) is 1.90. The van der Waals surface area contributed by atoms with Gasteiger partial charge in [0.1, 0.15) is 17.0 Å². The van der Waals surface area contributed by atoms with Crippen LogP contribution in [0.25, 0.3) is 0 Å². The molecule has 0 radical (unpaired) electrons. The molecule has 0 saturated heterocycles. The van der Waals surface area contributed by atoms with Gasteiger partial charge in [-0.15, -0.1) is 0 Å². The molecule has 0 spiro atoms. The number of aromatic nitrogens is 1. The van der Waals surface area contributed by atoms with Gasteiger partial charge in [-0.2, -0.15) is 0 Å². The number of rotatable bonds is 4. The van der Waals surface area contributed by atoms with Gasteiger partial charge in [0.05, 0.1) is 27.0 Å². The molecule has 6 heteroatoms. The number of aliphatic hydroxyl groups is 1. The molecule has 0 aliphatic rings. The lowest BCUT2D eigenvalue weighted by Gasteiger charge is -2.14. The summed E-state index contributed by atoms with van der Waals surface area (Å²) in [4.78, 5) is 3.75. The fourth-order valence-corrected chi connectivity index (χ4v) is 1.24. The minimum absolute atomic E-state index is 0.0564. The first-order chi connectivity index (χ1) is 7.15. The number of halogens is 2. The minimum atomic E-state index is -2.75. The fourth-order valence-electron chi connectivity index (χ4n) is 1.24. The summed E-state index contributed by atoms with van der Waals surface area (Å²) in [5, 5.41) is 8.89. The first kappa shape index (κ1) is 11.6. The van der Waals surface area contributed by atoms with Gasteiger partial charge in [-0.25, -0.2) is 8.78 Å². The van der Waals surface area contributed by atoms with Crippen LogP contribution in [0.15, 0.2) is 6.20 Å². The molecule has 1 rings (SSSR count). The van der Waals surface area contributed by atoms with Crippen molar-refractivity contribution in [2.24, 2.45) is 0 Å². The molecule has 0 aromatic carbocycles. The van der Waals surface area contributed by atoms with Gasteiger partial charge < -0.3 is 14.6 Å². The van der Waals surface area contributed by atoms with E-state index in [4.69, 9.17) is 14.6 Å². The lowest BCUT2D eigenvalue weighted by atomic mass is 10.2. The van der Waals surface area contributed by atoms with Crippen LogP contribution >= 0.6 is 0 Å². The van der Waals surface area contributed by atoms with Crippen molar-refractivity contribution in [3.63, 3.8) is 0 Å². The van der Waals surface area contributed by atoms with Gasteiger partial charge in [0.15, 0.2) is 5.75 Å². The largest absolute Gasteiger partial charge is 0.494 e. The van der Waals surface area contributed by atoms with Crippen LogP contribution in [-0.2, 0) is 6.61 Å². The highest BCUT2D eigenvalue weighted by Crippen LogP contribution is 2.37. The molecule has 4 nitrogen and oxygen atoms in total. The lowest BCUT2D eigenvalue weighted by Crippen LogP contribution is -2.03. The Morgan fingerprint density at radius 3 is 2.47 bits per heavy atom. The molecule has 1 heterocycles. The molecule has 0 unspecified atom stereocenters. The Balaban J connectivity index is 3.37. The number of aliphatic hydroxyl groups excluding tert-OH is 1. The second-order valence-electron chi connectivity index (χ2n) is 2.68. The molecule has 0 amide bonds. The van der Waals surface area contributed by atoms with Crippen LogP contribution in [0.4, 0.5) is 8.78 Å². The van der Waals surface area contributed by atoms with E-state index in [1.54, 1.807) is 0 Å². The van der Waals surface area contributed by atoms with Gasteiger partial charge in [-0.3, -0.25) is 4.98 Å². The molecular formula is C9H11F2NO3. The summed E-state index contributed by atoms with van der Waals surface area (Å²) in [5.41, 5.74) is -0.326. The predicted octanol–water partition coefficient (Wildman–Crippen LogP) is 1.53. The zero-order valence-corrected chi connectivity index (χ0v) is 8.33. The highest BCUT2D eigenvalue weighted by atomic mass is 19.3. The number of methoxy groups -OCH3 is 2. The normalized spacial score (nSPS) is 10.5. The zero-order valence-electron chi connectivity index (χ0n) is 8.33. The fraction of sp³-hybridized carbons (Fsp3) is 0.444. The van der Waals surface area contributed by atoms with Crippen molar-refractivity contribution in [3.8, 4) is 11.5 Å². The van der Waals surface area contributed by atoms with Gasteiger partial charge in [0.2, 0.25) is 0 Å². The molecule has 1 N–H and O–H groups in total. The molecule has 1 aromatic rings. The maximum absolute atomic E-state index is 12.7. The highest BCUT2D eigenvalue weighted by Gasteiger charge is 2.23. The Labute approximate surface area is 85.5 Å². The number of hydrogen-bond acceptors (Lipinski definition) is 4. The zero-order chi connectivity index (χ0) is 11.4. The van der Waals surface area contributed by atoms with Gasteiger partial charge >= 0.3 is 0 Å². The molecule has 1 aromatic heterocycles. The van der Waals surface area contributed by atoms with Crippen molar-refractivity contribution in [3.05, 3.63) is 17.5 Å². The summed E-state index contributed by atoms with van der Waals surface area (Å²) in [6, 6.07) is 0. The van der Waals surface area contributed by atoms with Gasteiger partial charge in [0.25, 0.3) is 6.43 Å². The first-order valence-corrected chi connectivity index (χ1v) is 4.14. The number of ether oxygens (including phenoxy) is 2. The van der Waals surface area contributed by atoms with Crippen LogP contribution < -0.4 is 9.47 Å². The Morgan fingerprint density at radius 1 is 1.40 bits per heavy atom. The van der Waals surface area contributed by atoms with E-state index in [2.05, 4.69) is 4.98 Å². The van der Waals surface area contributed by atoms with E-state index in [0.717, 1.165) is 6.20 Å². The maximum atomic E-state index is 12.7. The van der Waals surface area contributed by atoms with Crippen molar-refractivity contribution in [2.45, 2.75) is 13.0 Å². The van der Waals surface area contributed by atoms with Crippen molar-refractivity contribution in [1.29, 1.82) is 0 Å². The quantitative estimate of drug-likeness (QED) is 0.834. The second kappa shape index (κ2) is 4.88. The molecule has 0 aliphatic heterocycles.